The normalized spacial score (nSPS) is 9.56. The van der Waals surface area contributed by atoms with Gasteiger partial charge >= 0.3 is 5.97 Å². The number of ether oxygens (including phenoxy) is 1. The quantitative estimate of drug-likeness (QED) is 0.655. The van der Waals surface area contributed by atoms with Crippen LogP contribution in [0, 0.1) is 0 Å². The van der Waals surface area contributed by atoms with Crippen molar-refractivity contribution in [3.8, 4) is 5.75 Å². The average Bonchev–Trinajstić information content (AvgIpc) is 2.26. The lowest BCUT2D eigenvalue weighted by Crippen LogP contribution is -2.21. The van der Waals surface area contributed by atoms with Crippen LogP contribution < -0.4 is 15.8 Å². The molecule has 1 aromatic carbocycles. The second-order valence-electron chi connectivity index (χ2n) is 2.96. The van der Waals surface area contributed by atoms with Crippen LogP contribution in [-0.4, -0.2) is 30.1 Å². The highest BCUT2D eigenvalue weighted by Gasteiger charge is 2.02. The summed E-state index contributed by atoms with van der Waals surface area (Å²) in [5, 5.41) is 10.9. The first-order chi connectivity index (χ1) is 7.61. The molecule has 6 nitrogen and oxygen atoms in total. The van der Waals surface area contributed by atoms with E-state index in [4.69, 9.17) is 15.6 Å². The van der Waals surface area contributed by atoms with E-state index in [-0.39, 0.29) is 12.5 Å². The zero-order valence-electron chi connectivity index (χ0n) is 8.47. The van der Waals surface area contributed by atoms with Gasteiger partial charge < -0.3 is 20.9 Å². The van der Waals surface area contributed by atoms with Crippen molar-refractivity contribution in [2.45, 2.75) is 0 Å². The van der Waals surface area contributed by atoms with E-state index in [2.05, 4.69) is 5.32 Å². The summed E-state index contributed by atoms with van der Waals surface area (Å²) in [4.78, 5) is 21.3. The summed E-state index contributed by atoms with van der Waals surface area (Å²) in [6.07, 6.45) is 0. The maximum atomic E-state index is 11.0. The number of hydrogen-bond donors (Lipinski definition) is 3. The molecule has 0 radical (unpaired) electrons. The summed E-state index contributed by atoms with van der Waals surface area (Å²) in [6, 6.07) is 6.42. The van der Waals surface area contributed by atoms with E-state index in [1.54, 1.807) is 18.2 Å². The van der Waals surface area contributed by atoms with Gasteiger partial charge in [-0.25, -0.2) is 4.79 Å². The summed E-state index contributed by atoms with van der Waals surface area (Å²) in [6.45, 7) is -0.533. The largest absolute Gasteiger partial charge is 0.482 e. The van der Waals surface area contributed by atoms with Crippen molar-refractivity contribution >= 4 is 17.6 Å². The molecule has 0 aliphatic heterocycles. The summed E-state index contributed by atoms with van der Waals surface area (Å²) < 4.78 is 4.94. The number of carbonyl (C=O) groups excluding carboxylic acids is 1. The predicted molar refractivity (Wildman–Crippen MR) is 57.3 cm³/mol. The van der Waals surface area contributed by atoms with Gasteiger partial charge in [0.05, 0.1) is 6.54 Å². The van der Waals surface area contributed by atoms with Gasteiger partial charge in [-0.05, 0) is 12.1 Å². The molecule has 0 aliphatic carbocycles. The van der Waals surface area contributed by atoms with E-state index in [1.165, 1.54) is 6.07 Å². The van der Waals surface area contributed by atoms with Crippen LogP contribution in [-0.2, 0) is 9.59 Å². The number of benzene rings is 1. The Kier molecular flexibility index (Phi) is 4.28. The topological polar surface area (TPSA) is 102 Å². The van der Waals surface area contributed by atoms with E-state index in [9.17, 15) is 9.59 Å². The van der Waals surface area contributed by atoms with Gasteiger partial charge in [-0.2, -0.15) is 0 Å². The van der Waals surface area contributed by atoms with Crippen molar-refractivity contribution in [2.75, 3.05) is 18.5 Å². The molecule has 0 spiro atoms. The standard InChI is InChI=1S/C10H12N2O4/c11-5-9(13)12-7-2-1-3-8(4-7)16-6-10(14)15/h1-4H,5-6,11H2,(H,12,13)(H,14,15). The van der Waals surface area contributed by atoms with Gasteiger partial charge in [0.2, 0.25) is 5.91 Å². The average molecular weight is 224 g/mol. The van der Waals surface area contributed by atoms with Crippen molar-refractivity contribution in [1.29, 1.82) is 0 Å². The third-order valence-electron chi connectivity index (χ3n) is 1.67. The third kappa shape index (κ3) is 3.97. The highest BCUT2D eigenvalue weighted by molar-refractivity contribution is 5.92. The highest BCUT2D eigenvalue weighted by Crippen LogP contribution is 2.16. The minimum Gasteiger partial charge on any atom is -0.482 e. The molecule has 1 rings (SSSR count). The van der Waals surface area contributed by atoms with Crippen molar-refractivity contribution in [3.63, 3.8) is 0 Å². The Morgan fingerprint density at radius 3 is 2.81 bits per heavy atom. The van der Waals surface area contributed by atoms with Gasteiger partial charge in [-0.1, -0.05) is 6.07 Å². The van der Waals surface area contributed by atoms with Crippen molar-refractivity contribution < 1.29 is 19.4 Å². The van der Waals surface area contributed by atoms with Crippen LogP contribution in [0.5, 0.6) is 5.75 Å². The lowest BCUT2D eigenvalue weighted by molar-refractivity contribution is -0.139. The zero-order valence-corrected chi connectivity index (χ0v) is 8.47. The minimum atomic E-state index is -1.06. The number of nitrogens with one attached hydrogen (secondary N) is 1. The van der Waals surface area contributed by atoms with Gasteiger partial charge in [0.15, 0.2) is 6.61 Å². The van der Waals surface area contributed by atoms with Gasteiger partial charge in [0.1, 0.15) is 5.75 Å². The second kappa shape index (κ2) is 5.72. The number of carbonyl (C=O) groups is 2. The summed E-state index contributed by atoms with van der Waals surface area (Å²) in [5.41, 5.74) is 5.65. The molecule has 0 bridgehead atoms. The Bertz CT molecular complexity index is 392. The highest BCUT2D eigenvalue weighted by atomic mass is 16.5. The van der Waals surface area contributed by atoms with Crippen LogP contribution in [0.15, 0.2) is 24.3 Å². The van der Waals surface area contributed by atoms with Gasteiger partial charge in [0.25, 0.3) is 0 Å². The fourth-order valence-electron chi connectivity index (χ4n) is 1.02. The lowest BCUT2D eigenvalue weighted by atomic mass is 10.3. The second-order valence-corrected chi connectivity index (χ2v) is 2.96. The van der Waals surface area contributed by atoms with Gasteiger partial charge in [-0.3, -0.25) is 4.79 Å². The number of rotatable bonds is 5. The smallest absolute Gasteiger partial charge is 0.341 e. The Morgan fingerprint density at radius 2 is 2.19 bits per heavy atom. The van der Waals surface area contributed by atoms with Crippen LogP contribution in [0.3, 0.4) is 0 Å². The molecule has 0 heterocycles. The van der Waals surface area contributed by atoms with E-state index in [1.807, 2.05) is 0 Å². The molecule has 0 aromatic heterocycles. The van der Waals surface area contributed by atoms with Gasteiger partial charge in [0, 0.05) is 11.8 Å². The van der Waals surface area contributed by atoms with Crippen LogP contribution in [0.2, 0.25) is 0 Å². The van der Waals surface area contributed by atoms with Crippen molar-refractivity contribution in [3.05, 3.63) is 24.3 Å². The number of carboxylic acid groups (broad SMARTS) is 1. The van der Waals surface area contributed by atoms with Crippen LogP contribution >= 0.6 is 0 Å². The molecular weight excluding hydrogens is 212 g/mol. The number of aliphatic carboxylic acids is 1. The molecular formula is C10H12N2O4. The van der Waals surface area contributed by atoms with E-state index in [0.717, 1.165) is 0 Å². The molecule has 0 unspecified atom stereocenters. The molecule has 4 N–H and O–H groups in total. The fraction of sp³-hybridized carbons (Fsp3) is 0.200. The number of anilines is 1. The SMILES string of the molecule is NCC(=O)Nc1cccc(OCC(=O)O)c1. The predicted octanol–water partition coefficient (Wildman–Crippen LogP) is 0.0472. The Hall–Kier alpha value is -2.08. The molecule has 0 atom stereocenters. The summed E-state index contributed by atoms with van der Waals surface area (Å²) >= 11 is 0. The van der Waals surface area contributed by atoms with Crippen LogP contribution in [0.25, 0.3) is 0 Å². The van der Waals surface area contributed by atoms with Gasteiger partial charge in [-0.15, -0.1) is 0 Å². The summed E-state index contributed by atoms with van der Waals surface area (Å²) in [5.74, 6) is -1.01. The number of nitrogens with two attached hydrogens (primary N) is 1. The van der Waals surface area contributed by atoms with E-state index in [0.29, 0.717) is 11.4 Å². The first-order valence-electron chi connectivity index (χ1n) is 4.56. The fourth-order valence-corrected chi connectivity index (χ4v) is 1.02. The molecule has 0 fully saturated rings. The van der Waals surface area contributed by atoms with E-state index >= 15 is 0 Å². The Labute approximate surface area is 92.0 Å². The molecule has 16 heavy (non-hydrogen) atoms. The molecule has 0 saturated heterocycles. The third-order valence-corrected chi connectivity index (χ3v) is 1.67. The van der Waals surface area contributed by atoms with Crippen LogP contribution in [0.4, 0.5) is 5.69 Å². The molecule has 1 amide bonds. The van der Waals surface area contributed by atoms with Crippen LogP contribution in [0.1, 0.15) is 0 Å². The first kappa shape index (κ1) is 12.0. The summed E-state index contributed by atoms with van der Waals surface area (Å²) in [7, 11) is 0. The lowest BCUT2D eigenvalue weighted by Gasteiger charge is -2.06. The maximum Gasteiger partial charge on any atom is 0.341 e. The van der Waals surface area contributed by atoms with Crippen molar-refractivity contribution in [2.24, 2.45) is 5.73 Å². The maximum absolute atomic E-state index is 11.0. The molecule has 1 aromatic rings. The number of carboxylic acids is 1. The monoisotopic (exact) mass is 224 g/mol. The zero-order chi connectivity index (χ0) is 12.0. The molecule has 86 valence electrons. The van der Waals surface area contributed by atoms with Crippen molar-refractivity contribution in [1.82, 2.24) is 0 Å². The Balaban J connectivity index is 2.63. The number of amides is 1. The molecule has 0 aliphatic rings. The number of hydrogen-bond acceptors (Lipinski definition) is 4. The molecule has 0 saturated carbocycles. The first-order valence-corrected chi connectivity index (χ1v) is 4.56. The Morgan fingerprint density at radius 1 is 1.44 bits per heavy atom. The van der Waals surface area contributed by atoms with E-state index < -0.39 is 12.6 Å². The minimum absolute atomic E-state index is 0.111. The molecule has 6 heteroatoms.